The summed E-state index contributed by atoms with van der Waals surface area (Å²) in [6.45, 7) is 4.59. The number of benzene rings is 1. The van der Waals surface area contributed by atoms with Crippen LogP contribution in [0, 0.1) is 17.8 Å². The number of thioether (sulfide) groups is 1. The minimum absolute atomic E-state index is 0.0288. The molecule has 0 saturated heterocycles. The van der Waals surface area contributed by atoms with Gasteiger partial charge < -0.3 is 29.6 Å². The van der Waals surface area contributed by atoms with Crippen LogP contribution in [0.5, 0.6) is 11.5 Å². The number of ether oxygens (including phenoxy) is 2. The fourth-order valence-corrected chi connectivity index (χ4v) is 8.74. The summed E-state index contributed by atoms with van der Waals surface area (Å²) in [5.74, 6) is 0.879. The predicted molar refractivity (Wildman–Crippen MR) is 172 cm³/mol. The number of aryl methyl sites for hydroxylation is 1. The quantitative estimate of drug-likeness (QED) is 0.128. The number of aliphatic hydroxyl groups excluding tert-OH is 2. The minimum Gasteiger partial charge on any atom is -0.508 e. The second-order valence-electron chi connectivity index (χ2n) is 11.8. The number of unbranched alkanes of at least 4 members (excludes halogenated alkanes) is 2. The Kier molecular flexibility index (Phi) is 11.4. The monoisotopic (exact) mass is 623 g/mol. The second-order valence-corrected chi connectivity index (χ2v) is 13.1. The molecule has 3 aliphatic rings. The second kappa shape index (κ2) is 15.4. The number of allylic oxidation sites excluding steroid dienone is 1. The summed E-state index contributed by atoms with van der Waals surface area (Å²) in [6.07, 6.45) is 15.8. The van der Waals surface area contributed by atoms with Crippen molar-refractivity contribution >= 4 is 17.5 Å². The third-order valence-corrected chi connectivity index (χ3v) is 10.5. The summed E-state index contributed by atoms with van der Waals surface area (Å²) in [7, 11) is 1.58. The number of hydrogen-bond acceptors (Lipinski definition) is 10. The van der Waals surface area contributed by atoms with Crippen molar-refractivity contribution in [2.24, 2.45) is 22.9 Å². The molecule has 1 aliphatic heterocycles. The molecular formula is C34H45N3O6S. The maximum atomic E-state index is 10.7. The van der Waals surface area contributed by atoms with Crippen LogP contribution in [-0.2, 0) is 16.0 Å². The molecule has 1 aromatic heterocycles. The van der Waals surface area contributed by atoms with E-state index in [4.69, 9.17) is 14.3 Å². The fourth-order valence-electron chi connectivity index (χ4n) is 7.36. The molecule has 1 saturated carbocycles. The smallest absolute Gasteiger partial charge is 0.230 e. The number of hydrogen-bond donors (Lipinski definition) is 3. The van der Waals surface area contributed by atoms with Gasteiger partial charge in [-0.3, -0.25) is 9.97 Å². The van der Waals surface area contributed by atoms with Crippen LogP contribution >= 0.6 is 11.8 Å². The normalized spacial score (nSPS) is 28.0. The van der Waals surface area contributed by atoms with Crippen LogP contribution in [0.4, 0.5) is 0 Å². The number of phenols is 1. The average molecular weight is 624 g/mol. The van der Waals surface area contributed by atoms with Gasteiger partial charge in [0.05, 0.1) is 29.2 Å². The van der Waals surface area contributed by atoms with Crippen molar-refractivity contribution < 1.29 is 29.6 Å². The van der Waals surface area contributed by atoms with E-state index in [1.54, 1.807) is 49.6 Å². The van der Waals surface area contributed by atoms with Crippen molar-refractivity contribution in [3.63, 3.8) is 0 Å². The predicted octanol–water partition coefficient (Wildman–Crippen LogP) is 5.42. The Labute approximate surface area is 264 Å². The maximum absolute atomic E-state index is 10.7. The van der Waals surface area contributed by atoms with E-state index < -0.39 is 5.79 Å². The average Bonchev–Trinajstić information content (AvgIpc) is 3.03. The SMILES string of the molecule is C=CCO[C@@]12Oc3ccc(O)cc3[C@H]3[C@H](CCCCO)[C@@H](CCCCO)C=C(C(=NOC)C[C@@H]1SCCc1cnccn1)[C@H]32. The zero-order valence-electron chi connectivity index (χ0n) is 25.5. The van der Waals surface area contributed by atoms with Gasteiger partial charge in [-0.25, -0.2) is 0 Å². The van der Waals surface area contributed by atoms with Crippen molar-refractivity contribution in [2.45, 2.75) is 68.3 Å². The van der Waals surface area contributed by atoms with Gasteiger partial charge >= 0.3 is 0 Å². The lowest BCUT2D eigenvalue weighted by atomic mass is 9.56. The summed E-state index contributed by atoms with van der Waals surface area (Å²) in [6, 6.07) is 5.39. The van der Waals surface area contributed by atoms with E-state index in [9.17, 15) is 15.3 Å². The molecule has 2 aromatic rings. The van der Waals surface area contributed by atoms with Crippen LogP contribution in [0.2, 0.25) is 0 Å². The largest absolute Gasteiger partial charge is 0.508 e. The van der Waals surface area contributed by atoms with Crippen LogP contribution in [0.15, 0.2) is 66.2 Å². The number of aromatic nitrogens is 2. The van der Waals surface area contributed by atoms with E-state index in [0.717, 1.165) is 79.0 Å². The molecule has 2 heterocycles. The Bertz CT molecular complexity index is 1310. The van der Waals surface area contributed by atoms with E-state index in [2.05, 4.69) is 27.8 Å². The van der Waals surface area contributed by atoms with E-state index in [1.165, 1.54) is 0 Å². The first-order chi connectivity index (χ1) is 21.6. The number of nitrogens with zero attached hydrogens (tertiary/aromatic N) is 3. The standard InChI is InChI=1S/C34H45N3O6S/c1-3-17-42-34-31(44-18-12-24-22-35-13-14-36-24)21-29(37-41-2)27-19-23(8-4-6-15-38)26(9-5-7-16-39)32(33(27)34)28-20-25(40)10-11-30(28)43-34/h3,10-11,13-14,19-20,22-23,26,31-33,38-40H,1,4-9,12,15-18,21H2,2H3/t23-,26+,31-,32+,33+,34+/m0/s1. The number of rotatable bonds is 16. The number of fused-ring (bicyclic) bond motifs is 2. The summed E-state index contributed by atoms with van der Waals surface area (Å²) in [5, 5.41) is 34.4. The molecule has 2 aliphatic carbocycles. The Morgan fingerprint density at radius 1 is 1.16 bits per heavy atom. The molecule has 0 radical (unpaired) electrons. The van der Waals surface area contributed by atoms with Gasteiger partial charge in [-0.15, -0.1) is 6.58 Å². The van der Waals surface area contributed by atoms with Crippen molar-refractivity contribution in [1.82, 2.24) is 9.97 Å². The van der Waals surface area contributed by atoms with Crippen LogP contribution in [0.1, 0.15) is 62.1 Å². The van der Waals surface area contributed by atoms with Crippen molar-refractivity contribution in [1.29, 1.82) is 0 Å². The summed E-state index contributed by atoms with van der Waals surface area (Å²) in [5.41, 5.74) is 3.87. The number of phenolic OH excluding ortho intramolecular Hbond substituents is 1. The highest BCUT2D eigenvalue weighted by atomic mass is 32.2. The van der Waals surface area contributed by atoms with Gasteiger partial charge in [-0.1, -0.05) is 30.1 Å². The van der Waals surface area contributed by atoms with Gasteiger partial charge in [0, 0.05) is 56.1 Å². The fraction of sp³-hybridized carbons (Fsp3) is 0.559. The van der Waals surface area contributed by atoms with Gasteiger partial charge in [0.2, 0.25) is 5.79 Å². The zero-order chi connectivity index (χ0) is 30.9. The molecule has 0 unspecified atom stereocenters. The molecule has 238 valence electrons. The van der Waals surface area contributed by atoms with E-state index in [0.29, 0.717) is 13.0 Å². The Balaban J connectivity index is 1.63. The van der Waals surface area contributed by atoms with Gasteiger partial charge in [-0.05, 0) is 67.0 Å². The first-order valence-corrected chi connectivity index (χ1v) is 16.8. The molecule has 1 fully saturated rings. The molecule has 5 rings (SSSR count). The zero-order valence-corrected chi connectivity index (χ0v) is 26.3. The van der Waals surface area contributed by atoms with Crippen LogP contribution < -0.4 is 4.74 Å². The number of oxime groups is 1. The van der Waals surface area contributed by atoms with Gasteiger partial charge in [0.15, 0.2) is 0 Å². The van der Waals surface area contributed by atoms with E-state index >= 15 is 0 Å². The van der Waals surface area contributed by atoms with Crippen molar-refractivity contribution in [2.75, 3.05) is 32.7 Å². The molecular weight excluding hydrogens is 578 g/mol. The molecule has 44 heavy (non-hydrogen) atoms. The molecule has 0 amide bonds. The third-order valence-electron chi connectivity index (χ3n) is 9.13. The Morgan fingerprint density at radius 3 is 2.70 bits per heavy atom. The van der Waals surface area contributed by atoms with E-state index in [-0.39, 0.29) is 47.9 Å². The van der Waals surface area contributed by atoms with Crippen molar-refractivity contribution in [3.8, 4) is 11.5 Å². The highest BCUT2D eigenvalue weighted by molar-refractivity contribution is 8.00. The number of aliphatic hydroxyl groups is 2. The van der Waals surface area contributed by atoms with Crippen LogP contribution in [0.25, 0.3) is 0 Å². The highest BCUT2D eigenvalue weighted by Gasteiger charge is 2.63. The Morgan fingerprint density at radius 2 is 1.98 bits per heavy atom. The lowest BCUT2D eigenvalue weighted by molar-refractivity contribution is -0.223. The molecule has 6 atom stereocenters. The summed E-state index contributed by atoms with van der Waals surface area (Å²) in [4.78, 5) is 14.1. The molecule has 9 nitrogen and oxygen atoms in total. The first-order valence-electron chi connectivity index (χ1n) is 15.7. The van der Waals surface area contributed by atoms with Crippen LogP contribution in [-0.4, -0.2) is 74.7 Å². The van der Waals surface area contributed by atoms with Crippen LogP contribution in [0.3, 0.4) is 0 Å². The summed E-state index contributed by atoms with van der Waals surface area (Å²) >= 11 is 1.79. The van der Waals surface area contributed by atoms with Gasteiger partial charge in [-0.2, -0.15) is 11.8 Å². The molecule has 0 bridgehead atoms. The Hall–Kier alpha value is -2.92. The lowest BCUT2D eigenvalue weighted by Gasteiger charge is -2.58. The maximum Gasteiger partial charge on any atom is 0.230 e. The molecule has 3 N–H and O–H groups in total. The summed E-state index contributed by atoms with van der Waals surface area (Å²) < 4.78 is 13.9. The van der Waals surface area contributed by atoms with Gasteiger partial charge in [0.25, 0.3) is 0 Å². The first kappa shape index (κ1) is 32.5. The third kappa shape index (κ3) is 6.83. The number of aromatic hydroxyl groups is 1. The molecule has 10 heteroatoms. The van der Waals surface area contributed by atoms with E-state index in [1.807, 2.05) is 12.1 Å². The minimum atomic E-state index is -1.01. The highest BCUT2D eigenvalue weighted by Crippen LogP contribution is 2.62. The topological polar surface area (TPSA) is 127 Å². The van der Waals surface area contributed by atoms with Gasteiger partial charge in [0.1, 0.15) is 18.6 Å². The lowest BCUT2D eigenvalue weighted by Crippen LogP contribution is -2.64. The van der Waals surface area contributed by atoms with Crippen molar-refractivity contribution in [3.05, 3.63) is 72.4 Å². The molecule has 1 aromatic carbocycles. The molecule has 0 spiro atoms.